The highest BCUT2D eigenvalue weighted by Crippen LogP contribution is 2.32. The lowest BCUT2D eigenvalue weighted by Gasteiger charge is -2.24. The SMILES string of the molecule is CCNC(=O)c1ccc(C)c(N(C(=O)OCOC(=O)Cc2ccc(O)cc2)c2ncnn3cc(C(=O)NCC)cc23)c1. The Labute approximate surface area is 241 Å². The molecule has 0 bridgehead atoms. The van der Waals surface area contributed by atoms with Crippen molar-refractivity contribution in [2.45, 2.75) is 27.2 Å². The molecular formula is C29H30N6O7. The number of carbonyl (C=O) groups is 4. The number of ether oxygens (including phenoxy) is 2. The maximum atomic E-state index is 13.6. The number of aromatic hydroxyl groups is 1. The molecule has 0 aliphatic rings. The van der Waals surface area contributed by atoms with E-state index in [9.17, 15) is 24.3 Å². The minimum absolute atomic E-state index is 0.0626. The van der Waals surface area contributed by atoms with Crippen molar-refractivity contribution in [2.24, 2.45) is 0 Å². The number of nitrogens with one attached hydrogen (secondary N) is 2. The minimum Gasteiger partial charge on any atom is -0.508 e. The van der Waals surface area contributed by atoms with E-state index in [-0.39, 0.29) is 35.5 Å². The normalized spacial score (nSPS) is 10.6. The molecule has 0 aliphatic heterocycles. The molecule has 4 rings (SSSR count). The first kappa shape index (κ1) is 29.5. The third-order valence-corrected chi connectivity index (χ3v) is 6.12. The Bertz CT molecular complexity index is 1620. The molecule has 2 heterocycles. The van der Waals surface area contributed by atoms with Gasteiger partial charge in [0.05, 0.1) is 17.7 Å². The van der Waals surface area contributed by atoms with Gasteiger partial charge in [-0.25, -0.2) is 19.2 Å². The molecule has 0 aliphatic carbocycles. The van der Waals surface area contributed by atoms with Gasteiger partial charge in [-0.15, -0.1) is 0 Å². The first-order valence-electron chi connectivity index (χ1n) is 13.1. The Morgan fingerprint density at radius 3 is 2.31 bits per heavy atom. The van der Waals surface area contributed by atoms with Crippen molar-refractivity contribution in [1.29, 1.82) is 0 Å². The number of fused-ring (bicyclic) bond motifs is 1. The van der Waals surface area contributed by atoms with Gasteiger partial charge in [-0.05, 0) is 62.2 Å². The molecule has 3 amide bonds. The minimum atomic E-state index is -0.954. The van der Waals surface area contributed by atoms with Crippen molar-refractivity contribution < 1.29 is 33.8 Å². The summed E-state index contributed by atoms with van der Waals surface area (Å²) in [6.45, 7) is 5.44. The zero-order valence-electron chi connectivity index (χ0n) is 23.3. The van der Waals surface area contributed by atoms with E-state index in [1.165, 1.54) is 41.3 Å². The lowest BCUT2D eigenvalue weighted by Crippen LogP contribution is -2.31. The number of esters is 1. The number of phenolic OH excluding ortho intramolecular Hbond substituents is 1. The number of hydrogen-bond donors (Lipinski definition) is 3. The average molecular weight is 575 g/mol. The number of nitrogens with zero attached hydrogens (tertiary/aromatic N) is 4. The van der Waals surface area contributed by atoms with Crippen molar-refractivity contribution in [3.8, 4) is 5.75 Å². The Hall–Kier alpha value is -5.46. The molecule has 0 saturated heterocycles. The van der Waals surface area contributed by atoms with Gasteiger partial charge in [-0.1, -0.05) is 18.2 Å². The quantitative estimate of drug-likeness (QED) is 0.190. The van der Waals surface area contributed by atoms with Gasteiger partial charge in [0.1, 0.15) is 17.6 Å². The molecule has 218 valence electrons. The lowest BCUT2D eigenvalue weighted by atomic mass is 10.1. The summed E-state index contributed by atoms with van der Waals surface area (Å²) in [5.74, 6) is -1.20. The Balaban J connectivity index is 1.66. The number of aromatic nitrogens is 3. The van der Waals surface area contributed by atoms with Crippen LogP contribution in [0, 0.1) is 6.92 Å². The van der Waals surface area contributed by atoms with Gasteiger partial charge in [0.2, 0.25) is 6.79 Å². The number of amides is 3. The van der Waals surface area contributed by atoms with Crippen LogP contribution in [0.25, 0.3) is 5.52 Å². The maximum absolute atomic E-state index is 13.6. The number of aryl methyl sites for hydroxylation is 1. The van der Waals surface area contributed by atoms with Crippen molar-refractivity contribution in [3.63, 3.8) is 0 Å². The van der Waals surface area contributed by atoms with Crippen LogP contribution in [0.3, 0.4) is 0 Å². The number of phenols is 1. The molecule has 0 saturated carbocycles. The average Bonchev–Trinajstić information content (AvgIpc) is 3.41. The van der Waals surface area contributed by atoms with Crippen molar-refractivity contribution >= 4 is 40.9 Å². The second kappa shape index (κ2) is 13.3. The van der Waals surface area contributed by atoms with Crippen molar-refractivity contribution in [1.82, 2.24) is 25.2 Å². The maximum Gasteiger partial charge on any atom is 0.423 e. The third kappa shape index (κ3) is 6.81. The van der Waals surface area contributed by atoms with Crippen LogP contribution in [-0.4, -0.2) is 63.5 Å². The second-order valence-corrected chi connectivity index (χ2v) is 9.09. The van der Waals surface area contributed by atoms with E-state index in [0.717, 1.165) is 4.90 Å². The molecule has 13 heteroatoms. The topological polar surface area (TPSA) is 164 Å². The van der Waals surface area contributed by atoms with Crippen LogP contribution < -0.4 is 15.5 Å². The van der Waals surface area contributed by atoms with Crippen LogP contribution in [0.5, 0.6) is 5.75 Å². The highest BCUT2D eigenvalue weighted by Gasteiger charge is 2.27. The molecule has 0 spiro atoms. The number of benzene rings is 2. The highest BCUT2D eigenvalue weighted by atomic mass is 16.7. The van der Waals surface area contributed by atoms with Gasteiger partial charge < -0.3 is 25.2 Å². The summed E-state index contributed by atoms with van der Waals surface area (Å²) < 4.78 is 11.9. The summed E-state index contributed by atoms with van der Waals surface area (Å²) >= 11 is 0. The van der Waals surface area contributed by atoms with E-state index in [2.05, 4.69) is 20.7 Å². The fraction of sp³-hybridized carbons (Fsp3) is 0.241. The van der Waals surface area contributed by atoms with Gasteiger partial charge in [0, 0.05) is 24.8 Å². The van der Waals surface area contributed by atoms with Crippen LogP contribution in [0.2, 0.25) is 0 Å². The predicted molar refractivity (Wildman–Crippen MR) is 152 cm³/mol. The number of rotatable bonds is 10. The van der Waals surface area contributed by atoms with Gasteiger partial charge in [0.25, 0.3) is 11.8 Å². The zero-order chi connectivity index (χ0) is 30.2. The Morgan fingerprint density at radius 1 is 0.929 bits per heavy atom. The van der Waals surface area contributed by atoms with E-state index in [4.69, 9.17) is 9.47 Å². The number of carbonyl (C=O) groups excluding carboxylic acids is 4. The lowest BCUT2D eigenvalue weighted by molar-refractivity contribution is -0.150. The van der Waals surface area contributed by atoms with Gasteiger partial charge in [0.15, 0.2) is 5.82 Å². The Morgan fingerprint density at radius 2 is 1.62 bits per heavy atom. The Kier molecular flexibility index (Phi) is 9.32. The molecule has 0 atom stereocenters. The summed E-state index contributed by atoms with van der Waals surface area (Å²) in [7, 11) is 0. The van der Waals surface area contributed by atoms with Crippen LogP contribution >= 0.6 is 0 Å². The number of hydrogen-bond acceptors (Lipinski definition) is 9. The van der Waals surface area contributed by atoms with Crippen LogP contribution in [0.1, 0.15) is 45.7 Å². The third-order valence-electron chi connectivity index (χ3n) is 6.12. The van der Waals surface area contributed by atoms with E-state index < -0.39 is 18.9 Å². The molecule has 0 unspecified atom stereocenters. The molecule has 2 aromatic heterocycles. The molecule has 0 radical (unpaired) electrons. The number of anilines is 2. The monoisotopic (exact) mass is 574 g/mol. The standard InChI is InChI=1S/C29H30N6O7/c1-4-30-27(38)20-9-6-18(3)23(13-20)35(26-24-14-21(28(39)31-5-2)15-34(24)33-16-32-26)29(40)42-17-41-25(37)12-19-7-10-22(36)11-8-19/h6-11,13-16,36H,4-5,12,17H2,1-3H3,(H,30,38)(H,31,39). The fourth-order valence-electron chi connectivity index (χ4n) is 4.07. The zero-order valence-corrected chi connectivity index (χ0v) is 23.3. The molecule has 4 aromatic rings. The summed E-state index contributed by atoms with van der Waals surface area (Å²) in [5, 5.41) is 19.0. The first-order chi connectivity index (χ1) is 20.2. The summed E-state index contributed by atoms with van der Waals surface area (Å²) in [4.78, 5) is 56.5. The van der Waals surface area contributed by atoms with Gasteiger partial charge >= 0.3 is 12.1 Å². The summed E-state index contributed by atoms with van der Waals surface area (Å²) in [5.41, 5.74) is 2.38. The van der Waals surface area contributed by atoms with Crippen molar-refractivity contribution in [3.05, 3.63) is 83.3 Å². The fourth-order valence-corrected chi connectivity index (χ4v) is 4.07. The highest BCUT2D eigenvalue weighted by molar-refractivity contribution is 6.03. The predicted octanol–water partition coefficient (Wildman–Crippen LogP) is 3.26. The van der Waals surface area contributed by atoms with Crippen LogP contribution in [0.15, 0.2) is 61.1 Å². The second-order valence-electron chi connectivity index (χ2n) is 9.09. The summed E-state index contributed by atoms with van der Waals surface area (Å²) in [6, 6.07) is 12.4. The first-order valence-corrected chi connectivity index (χ1v) is 13.1. The summed E-state index contributed by atoms with van der Waals surface area (Å²) in [6.07, 6.45) is 1.65. The molecule has 3 N–H and O–H groups in total. The largest absolute Gasteiger partial charge is 0.508 e. The van der Waals surface area contributed by atoms with Gasteiger partial charge in [-0.3, -0.25) is 14.4 Å². The van der Waals surface area contributed by atoms with E-state index in [1.54, 1.807) is 45.0 Å². The van der Waals surface area contributed by atoms with E-state index in [0.29, 0.717) is 40.9 Å². The van der Waals surface area contributed by atoms with Crippen molar-refractivity contribution in [2.75, 3.05) is 24.8 Å². The smallest absolute Gasteiger partial charge is 0.423 e. The molecule has 0 fully saturated rings. The molecule has 13 nitrogen and oxygen atoms in total. The van der Waals surface area contributed by atoms with Crippen LogP contribution in [-0.2, 0) is 20.7 Å². The molecular weight excluding hydrogens is 544 g/mol. The van der Waals surface area contributed by atoms with E-state index in [1.807, 2.05) is 0 Å². The molecule has 2 aromatic carbocycles. The van der Waals surface area contributed by atoms with Crippen LogP contribution in [0.4, 0.5) is 16.3 Å². The van der Waals surface area contributed by atoms with Gasteiger partial charge in [-0.2, -0.15) is 5.10 Å². The van der Waals surface area contributed by atoms with E-state index >= 15 is 0 Å². The molecule has 42 heavy (non-hydrogen) atoms.